The lowest BCUT2D eigenvalue weighted by molar-refractivity contribution is -0.124. The predicted molar refractivity (Wildman–Crippen MR) is 108 cm³/mol. The lowest BCUT2D eigenvalue weighted by atomic mass is 9.75. The van der Waals surface area contributed by atoms with Gasteiger partial charge in [0.25, 0.3) is 5.91 Å². The highest BCUT2D eigenvalue weighted by molar-refractivity contribution is 6.06. The fourth-order valence-electron chi connectivity index (χ4n) is 4.21. The number of nitriles is 1. The Labute approximate surface area is 169 Å². The van der Waals surface area contributed by atoms with Crippen LogP contribution in [-0.2, 0) is 11.3 Å². The highest BCUT2D eigenvalue weighted by Crippen LogP contribution is 2.47. The zero-order valence-corrected chi connectivity index (χ0v) is 16.5. The van der Waals surface area contributed by atoms with Crippen LogP contribution in [0, 0.1) is 17.1 Å². The van der Waals surface area contributed by atoms with Crippen LogP contribution in [-0.4, -0.2) is 32.3 Å². The molecule has 1 saturated carbocycles. The zero-order chi connectivity index (χ0) is 20.6. The fraction of sp³-hybridized carbons (Fsp3) is 0.364. The SMILES string of the molecule is CNCc1ccc(N2CN(c3ccc(C#N)c(OC)c3)C(=O)C23CCC3)cc1F. The summed E-state index contributed by atoms with van der Waals surface area (Å²) in [7, 11) is 3.28. The normalized spacial score (nSPS) is 17.4. The zero-order valence-electron chi connectivity index (χ0n) is 16.5. The Morgan fingerprint density at radius 1 is 1.24 bits per heavy atom. The lowest BCUT2D eigenvalue weighted by Gasteiger charge is -2.43. The maximum atomic E-state index is 14.6. The molecule has 6 nitrogen and oxygen atoms in total. The highest BCUT2D eigenvalue weighted by atomic mass is 19.1. The summed E-state index contributed by atoms with van der Waals surface area (Å²) in [6, 6.07) is 12.4. The van der Waals surface area contributed by atoms with Crippen LogP contribution < -0.4 is 19.9 Å². The van der Waals surface area contributed by atoms with Crippen LogP contribution >= 0.6 is 0 Å². The van der Waals surface area contributed by atoms with Crippen molar-refractivity contribution in [3.8, 4) is 11.8 Å². The minimum atomic E-state index is -0.627. The molecule has 1 saturated heterocycles. The van der Waals surface area contributed by atoms with Crippen LogP contribution in [0.1, 0.15) is 30.4 Å². The van der Waals surface area contributed by atoms with Gasteiger partial charge in [-0.1, -0.05) is 6.07 Å². The minimum Gasteiger partial charge on any atom is -0.495 e. The number of methoxy groups -OCH3 is 1. The Balaban J connectivity index is 1.70. The molecule has 150 valence electrons. The number of ether oxygens (including phenoxy) is 1. The van der Waals surface area contributed by atoms with Gasteiger partial charge in [-0.25, -0.2) is 4.39 Å². The first kappa shape index (κ1) is 19.2. The first-order chi connectivity index (χ1) is 14.0. The number of benzene rings is 2. The summed E-state index contributed by atoms with van der Waals surface area (Å²) in [5.74, 6) is 0.161. The molecule has 1 amide bonds. The van der Waals surface area contributed by atoms with Crippen LogP contribution in [0.4, 0.5) is 15.8 Å². The summed E-state index contributed by atoms with van der Waals surface area (Å²) in [5, 5.41) is 12.2. The molecule has 2 fully saturated rings. The van der Waals surface area contributed by atoms with Gasteiger partial charge in [0.1, 0.15) is 23.2 Å². The molecular formula is C22H23FN4O2. The molecule has 29 heavy (non-hydrogen) atoms. The van der Waals surface area contributed by atoms with Crippen LogP contribution in [0.5, 0.6) is 5.75 Å². The Bertz CT molecular complexity index is 997. The molecule has 1 N–H and O–H groups in total. The first-order valence-electron chi connectivity index (χ1n) is 9.65. The van der Waals surface area contributed by atoms with Crippen molar-refractivity contribution in [3.63, 3.8) is 0 Å². The van der Waals surface area contributed by atoms with Gasteiger partial charge in [-0.2, -0.15) is 5.26 Å². The standard InChI is InChI=1S/C22H23FN4O2/c1-25-13-16-5-7-18(10-19(16)23)27-14-26(21(28)22(27)8-3-9-22)17-6-4-15(12-24)20(11-17)29-2/h4-7,10-11,25H,3,8-9,13-14H2,1-2H3. The van der Waals surface area contributed by atoms with E-state index in [1.807, 2.05) is 11.0 Å². The van der Waals surface area contributed by atoms with E-state index in [1.165, 1.54) is 13.2 Å². The molecule has 1 aliphatic heterocycles. The van der Waals surface area contributed by atoms with Gasteiger partial charge in [0.15, 0.2) is 0 Å². The number of anilines is 2. The van der Waals surface area contributed by atoms with Gasteiger partial charge in [-0.05, 0) is 50.6 Å². The molecule has 0 bridgehead atoms. The van der Waals surface area contributed by atoms with Gasteiger partial charge in [0, 0.05) is 29.5 Å². The number of amides is 1. The van der Waals surface area contributed by atoms with Crippen molar-refractivity contribution in [2.24, 2.45) is 0 Å². The summed E-state index contributed by atoms with van der Waals surface area (Å²) < 4.78 is 19.8. The van der Waals surface area contributed by atoms with Crippen molar-refractivity contribution < 1.29 is 13.9 Å². The molecule has 1 heterocycles. The molecule has 1 spiro atoms. The maximum absolute atomic E-state index is 14.6. The van der Waals surface area contributed by atoms with E-state index in [1.54, 1.807) is 36.2 Å². The average Bonchev–Trinajstić information content (AvgIpc) is 3.02. The second-order valence-electron chi connectivity index (χ2n) is 7.49. The Morgan fingerprint density at radius 2 is 2.00 bits per heavy atom. The smallest absolute Gasteiger partial charge is 0.254 e. The second-order valence-corrected chi connectivity index (χ2v) is 7.49. The second kappa shape index (κ2) is 7.37. The van der Waals surface area contributed by atoms with Crippen LogP contribution in [0.25, 0.3) is 0 Å². The molecule has 0 atom stereocenters. The summed E-state index contributed by atoms with van der Waals surface area (Å²) in [6.07, 6.45) is 2.46. The number of carbonyl (C=O) groups is 1. The molecule has 2 aliphatic rings. The van der Waals surface area contributed by atoms with Gasteiger partial charge in [-0.3, -0.25) is 9.69 Å². The summed E-state index contributed by atoms with van der Waals surface area (Å²) >= 11 is 0. The molecule has 0 radical (unpaired) electrons. The van der Waals surface area contributed by atoms with Crippen molar-refractivity contribution in [1.29, 1.82) is 5.26 Å². The summed E-state index contributed by atoms with van der Waals surface area (Å²) in [6.45, 7) is 0.784. The third kappa shape index (κ3) is 3.00. The van der Waals surface area contributed by atoms with Crippen molar-refractivity contribution in [3.05, 3.63) is 53.3 Å². The van der Waals surface area contributed by atoms with E-state index in [0.717, 1.165) is 19.3 Å². The van der Waals surface area contributed by atoms with E-state index in [9.17, 15) is 14.4 Å². The van der Waals surface area contributed by atoms with Gasteiger partial charge < -0.3 is 15.0 Å². The molecule has 0 aromatic heterocycles. The average molecular weight is 394 g/mol. The van der Waals surface area contributed by atoms with E-state index in [0.29, 0.717) is 41.5 Å². The topological polar surface area (TPSA) is 68.6 Å². The molecule has 1 aliphatic carbocycles. The lowest BCUT2D eigenvalue weighted by Crippen LogP contribution is -2.54. The minimum absolute atomic E-state index is 0.00946. The molecule has 2 aromatic rings. The van der Waals surface area contributed by atoms with Gasteiger partial charge >= 0.3 is 0 Å². The Morgan fingerprint density at radius 3 is 2.59 bits per heavy atom. The van der Waals surface area contributed by atoms with E-state index >= 15 is 0 Å². The number of nitrogens with zero attached hydrogens (tertiary/aromatic N) is 3. The van der Waals surface area contributed by atoms with Crippen LogP contribution in [0.15, 0.2) is 36.4 Å². The van der Waals surface area contributed by atoms with E-state index < -0.39 is 5.54 Å². The maximum Gasteiger partial charge on any atom is 0.254 e. The van der Waals surface area contributed by atoms with Gasteiger partial charge in [0.05, 0.1) is 19.3 Å². The van der Waals surface area contributed by atoms with E-state index in [2.05, 4.69) is 11.4 Å². The van der Waals surface area contributed by atoms with Crippen molar-refractivity contribution in [2.45, 2.75) is 31.3 Å². The number of halogens is 1. The number of carbonyl (C=O) groups excluding carboxylic acids is 1. The van der Waals surface area contributed by atoms with Crippen molar-refractivity contribution in [1.82, 2.24) is 5.32 Å². The molecule has 2 aromatic carbocycles. The van der Waals surface area contributed by atoms with Gasteiger partial charge in [0.2, 0.25) is 0 Å². The molecule has 4 rings (SSSR count). The van der Waals surface area contributed by atoms with E-state index in [4.69, 9.17) is 4.74 Å². The molecule has 0 unspecified atom stereocenters. The predicted octanol–water partition coefficient (Wildman–Crippen LogP) is 3.16. The van der Waals surface area contributed by atoms with Crippen molar-refractivity contribution >= 4 is 17.3 Å². The van der Waals surface area contributed by atoms with Crippen LogP contribution in [0.3, 0.4) is 0 Å². The first-order valence-corrected chi connectivity index (χ1v) is 9.65. The largest absolute Gasteiger partial charge is 0.495 e. The van der Waals surface area contributed by atoms with E-state index in [-0.39, 0.29) is 11.7 Å². The summed E-state index contributed by atoms with van der Waals surface area (Å²) in [4.78, 5) is 17.1. The number of hydrogen-bond donors (Lipinski definition) is 1. The number of nitrogens with one attached hydrogen (secondary N) is 1. The number of hydrogen-bond acceptors (Lipinski definition) is 5. The fourth-order valence-corrected chi connectivity index (χ4v) is 4.21. The quantitative estimate of drug-likeness (QED) is 0.844. The third-order valence-corrected chi connectivity index (χ3v) is 5.96. The Kier molecular flexibility index (Phi) is 4.89. The van der Waals surface area contributed by atoms with Gasteiger partial charge in [-0.15, -0.1) is 0 Å². The highest BCUT2D eigenvalue weighted by Gasteiger charge is 2.56. The van der Waals surface area contributed by atoms with Crippen molar-refractivity contribution in [2.75, 3.05) is 30.6 Å². The third-order valence-electron chi connectivity index (χ3n) is 5.96. The molecular weight excluding hydrogens is 371 g/mol. The number of rotatable bonds is 5. The summed E-state index contributed by atoms with van der Waals surface area (Å²) in [5.41, 5.74) is 1.77. The monoisotopic (exact) mass is 394 g/mol. The Hall–Kier alpha value is -3.11. The molecule has 7 heteroatoms. The van der Waals surface area contributed by atoms with Crippen LogP contribution in [0.2, 0.25) is 0 Å².